The van der Waals surface area contributed by atoms with E-state index in [1.807, 2.05) is 24.3 Å². The number of rotatable bonds is 7. The van der Waals surface area contributed by atoms with Crippen LogP contribution in [0.4, 0.5) is 0 Å². The first-order chi connectivity index (χ1) is 9.13. The van der Waals surface area contributed by atoms with E-state index in [-0.39, 0.29) is 24.0 Å². The summed E-state index contributed by atoms with van der Waals surface area (Å²) in [5, 5.41) is 3.11. The Bertz CT molecular complexity index is 410. The lowest BCUT2D eigenvalue weighted by atomic mass is 10.2. The molecule has 0 saturated heterocycles. The number of nitrogens with two attached hydrogens (primary N) is 1. The highest BCUT2D eigenvalue weighted by atomic mass is 127. The highest BCUT2D eigenvalue weighted by Gasteiger charge is 2.00. The van der Waals surface area contributed by atoms with E-state index in [0.717, 1.165) is 30.8 Å². The van der Waals surface area contributed by atoms with Crippen LogP contribution in [0.3, 0.4) is 0 Å². The zero-order valence-electron chi connectivity index (χ0n) is 12.4. The van der Waals surface area contributed by atoms with Gasteiger partial charge in [0.05, 0.1) is 13.7 Å². The van der Waals surface area contributed by atoms with Gasteiger partial charge in [0, 0.05) is 12.1 Å². The van der Waals surface area contributed by atoms with Gasteiger partial charge in [0.2, 0.25) is 0 Å². The average molecular weight is 392 g/mol. The van der Waals surface area contributed by atoms with Crippen molar-refractivity contribution in [2.24, 2.45) is 10.7 Å². The predicted molar refractivity (Wildman–Crippen MR) is 94.9 cm³/mol. The van der Waals surface area contributed by atoms with Gasteiger partial charge in [-0.3, -0.25) is 0 Å². The molecular weight excluding hydrogens is 367 g/mol. The van der Waals surface area contributed by atoms with Crippen molar-refractivity contribution in [2.75, 3.05) is 34.3 Å². The largest absolute Gasteiger partial charge is 0.496 e. The van der Waals surface area contributed by atoms with Gasteiger partial charge in [-0.1, -0.05) is 18.2 Å². The van der Waals surface area contributed by atoms with E-state index in [0.29, 0.717) is 12.5 Å². The van der Waals surface area contributed by atoms with Crippen molar-refractivity contribution in [3.05, 3.63) is 29.8 Å². The molecule has 0 saturated carbocycles. The Morgan fingerprint density at radius 1 is 1.35 bits per heavy atom. The molecule has 1 rings (SSSR count). The van der Waals surface area contributed by atoms with Gasteiger partial charge in [0.15, 0.2) is 5.96 Å². The number of hydrogen-bond acceptors (Lipinski definition) is 3. The fraction of sp³-hybridized carbons (Fsp3) is 0.500. The zero-order chi connectivity index (χ0) is 14.1. The molecule has 0 radical (unpaired) electrons. The first-order valence-corrected chi connectivity index (χ1v) is 6.44. The highest BCUT2D eigenvalue weighted by Crippen LogP contribution is 2.17. The summed E-state index contributed by atoms with van der Waals surface area (Å²) in [4.78, 5) is 6.45. The number of guanidine groups is 1. The Hall–Kier alpha value is -1.02. The Morgan fingerprint density at radius 3 is 2.70 bits per heavy atom. The summed E-state index contributed by atoms with van der Waals surface area (Å²) < 4.78 is 5.27. The number of methoxy groups -OCH3 is 1. The lowest BCUT2D eigenvalue weighted by molar-refractivity contribution is 0.400. The van der Waals surface area contributed by atoms with Crippen molar-refractivity contribution in [3.8, 4) is 5.75 Å². The van der Waals surface area contributed by atoms with E-state index < -0.39 is 0 Å². The molecule has 0 aliphatic carbocycles. The Balaban J connectivity index is 0.00000361. The average Bonchev–Trinajstić information content (AvgIpc) is 2.41. The number of nitrogens with zero attached hydrogens (tertiary/aromatic N) is 2. The van der Waals surface area contributed by atoms with Gasteiger partial charge in [-0.05, 0) is 33.1 Å². The second-order valence-electron chi connectivity index (χ2n) is 4.60. The molecule has 0 aromatic heterocycles. The predicted octanol–water partition coefficient (Wildman–Crippen LogP) is 1.67. The lowest BCUT2D eigenvalue weighted by Crippen LogP contribution is -2.33. The van der Waals surface area contributed by atoms with Crippen LogP contribution in [0.2, 0.25) is 0 Å². The topological polar surface area (TPSA) is 62.9 Å². The van der Waals surface area contributed by atoms with Crippen molar-refractivity contribution in [1.82, 2.24) is 10.2 Å². The fourth-order valence-corrected chi connectivity index (χ4v) is 1.67. The van der Waals surface area contributed by atoms with Crippen LogP contribution in [0.15, 0.2) is 29.3 Å². The number of para-hydroxylation sites is 1. The summed E-state index contributed by atoms with van der Waals surface area (Å²) in [6, 6.07) is 7.82. The van der Waals surface area contributed by atoms with E-state index in [4.69, 9.17) is 10.5 Å². The molecule has 1 aromatic carbocycles. The number of aliphatic imine (C=N–C) groups is 1. The number of ether oxygens (including phenoxy) is 1. The highest BCUT2D eigenvalue weighted by molar-refractivity contribution is 14.0. The molecule has 0 amide bonds. The van der Waals surface area contributed by atoms with Crippen molar-refractivity contribution in [3.63, 3.8) is 0 Å². The minimum atomic E-state index is 0. The molecule has 0 bridgehead atoms. The number of halogens is 1. The molecule has 5 nitrogen and oxygen atoms in total. The first-order valence-electron chi connectivity index (χ1n) is 6.44. The first kappa shape index (κ1) is 19.0. The number of hydrogen-bond donors (Lipinski definition) is 2. The van der Waals surface area contributed by atoms with Gasteiger partial charge >= 0.3 is 0 Å². The van der Waals surface area contributed by atoms with Crippen LogP contribution in [0.1, 0.15) is 12.0 Å². The second kappa shape index (κ2) is 10.7. The smallest absolute Gasteiger partial charge is 0.188 e. The number of benzene rings is 1. The van der Waals surface area contributed by atoms with Crippen molar-refractivity contribution in [1.29, 1.82) is 0 Å². The van der Waals surface area contributed by atoms with Crippen LogP contribution in [-0.2, 0) is 6.54 Å². The summed E-state index contributed by atoms with van der Waals surface area (Å²) in [6.45, 7) is 2.39. The fourth-order valence-electron chi connectivity index (χ4n) is 1.67. The van der Waals surface area contributed by atoms with Crippen molar-refractivity contribution in [2.45, 2.75) is 13.0 Å². The summed E-state index contributed by atoms with van der Waals surface area (Å²) in [5.41, 5.74) is 6.85. The summed E-state index contributed by atoms with van der Waals surface area (Å²) in [7, 11) is 5.77. The van der Waals surface area contributed by atoms with Gasteiger partial charge in [0.25, 0.3) is 0 Å². The van der Waals surface area contributed by atoms with Crippen LogP contribution in [0, 0.1) is 0 Å². The third-order valence-corrected chi connectivity index (χ3v) is 2.70. The quantitative estimate of drug-likeness (QED) is 0.321. The summed E-state index contributed by atoms with van der Waals surface area (Å²) in [6.07, 6.45) is 1.04. The minimum absolute atomic E-state index is 0. The molecule has 0 aliphatic rings. The van der Waals surface area contributed by atoms with E-state index in [1.165, 1.54) is 0 Å². The maximum absolute atomic E-state index is 5.81. The third kappa shape index (κ3) is 7.54. The van der Waals surface area contributed by atoms with E-state index in [9.17, 15) is 0 Å². The molecule has 0 fully saturated rings. The maximum atomic E-state index is 5.81. The van der Waals surface area contributed by atoms with Crippen LogP contribution in [-0.4, -0.2) is 45.2 Å². The Labute approximate surface area is 138 Å². The van der Waals surface area contributed by atoms with E-state index in [2.05, 4.69) is 29.3 Å². The molecule has 20 heavy (non-hydrogen) atoms. The van der Waals surface area contributed by atoms with Gasteiger partial charge in [-0.15, -0.1) is 24.0 Å². The van der Waals surface area contributed by atoms with E-state index in [1.54, 1.807) is 7.11 Å². The molecule has 1 aromatic rings. The maximum Gasteiger partial charge on any atom is 0.188 e. The molecule has 0 unspecified atom stereocenters. The molecule has 114 valence electrons. The van der Waals surface area contributed by atoms with Gasteiger partial charge < -0.3 is 20.7 Å². The van der Waals surface area contributed by atoms with Gasteiger partial charge in [0.1, 0.15) is 5.75 Å². The standard InChI is InChI=1S/C14H24N4O.HI/c1-18(2)10-6-9-16-14(15)17-11-12-7-4-5-8-13(12)19-3;/h4-5,7-8H,6,9-11H2,1-3H3,(H3,15,16,17);1H. The van der Waals surface area contributed by atoms with Gasteiger partial charge in [-0.25, -0.2) is 4.99 Å². The van der Waals surface area contributed by atoms with Crippen molar-refractivity contribution < 1.29 is 4.74 Å². The van der Waals surface area contributed by atoms with Crippen LogP contribution < -0.4 is 15.8 Å². The lowest BCUT2D eigenvalue weighted by Gasteiger charge is -2.10. The zero-order valence-corrected chi connectivity index (χ0v) is 14.8. The summed E-state index contributed by atoms with van der Waals surface area (Å²) >= 11 is 0. The molecule has 0 atom stereocenters. The molecule has 6 heteroatoms. The molecule has 0 heterocycles. The van der Waals surface area contributed by atoms with Gasteiger partial charge in [-0.2, -0.15) is 0 Å². The monoisotopic (exact) mass is 392 g/mol. The van der Waals surface area contributed by atoms with Crippen molar-refractivity contribution >= 4 is 29.9 Å². The minimum Gasteiger partial charge on any atom is -0.496 e. The molecule has 0 aliphatic heterocycles. The Kier molecular flexibility index (Phi) is 10.2. The SMILES string of the molecule is COc1ccccc1CN=C(N)NCCCN(C)C.I. The van der Waals surface area contributed by atoms with Crippen LogP contribution in [0.5, 0.6) is 5.75 Å². The molecule has 0 spiro atoms. The third-order valence-electron chi connectivity index (χ3n) is 2.70. The normalized spacial score (nSPS) is 11.1. The molecule has 3 N–H and O–H groups in total. The second-order valence-corrected chi connectivity index (χ2v) is 4.60. The Morgan fingerprint density at radius 2 is 2.05 bits per heavy atom. The van der Waals surface area contributed by atoms with Crippen LogP contribution >= 0.6 is 24.0 Å². The van der Waals surface area contributed by atoms with E-state index >= 15 is 0 Å². The number of nitrogens with one attached hydrogen (secondary N) is 1. The summed E-state index contributed by atoms with van der Waals surface area (Å²) in [5.74, 6) is 1.32. The van der Waals surface area contributed by atoms with Crippen LogP contribution in [0.25, 0.3) is 0 Å². The molecular formula is C14H25IN4O.